The van der Waals surface area contributed by atoms with Crippen LogP contribution in [0.5, 0.6) is 11.5 Å². The Morgan fingerprint density at radius 1 is 1.00 bits per heavy atom. The fraction of sp³-hybridized carbons (Fsp3) is 0.235. The number of hydrogen-bond acceptors (Lipinski definition) is 3. The highest BCUT2D eigenvalue weighted by molar-refractivity contribution is 5.84. The van der Waals surface area contributed by atoms with Gasteiger partial charge in [-0.15, -0.1) is 0 Å². The zero-order chi connectivity index (χ0) is 14.9. The number of rotatable bonds is 6. The largest absolute Gasteiger partial charge is 0.457 e. The molecule has 0 spiro atoms. The molecular weight excluding hydrogens is 266 g/mol. The van der Waals surface area contributed by atoms with Gasteiger partial charge in [0, 0.05) is 5.69 Å². The summed E-state index contributed by atoms with van der Waals surface area (Å²) in [6.07, 6.45) is 1.44. The Balaban J connectivity index is 1.85. The standard InChI is InChI=1S/C17H19NO3/c1-2-3-13-20-17(19)18-14-9-11-16(12-10-14)21-15-7-5-4-6-8-15/h4-12H,2-3,13H2,1H3,(H,18,19). The topological polar surface area (TPSA) is 47.6 Å². The Morgan fingerprint density at radius 3 is 2.33 bits per heavy atom. The minimum atomic E-state index is -0.430. The molecule has 0 aliphatic carbocycles. The molecule has 0 saturated carbocycles. The van der Waals surface area contributed by atoms with Crippen LogP contribution in [-0.2, 0) is 4.74 Å². The van der Waals surface area contributed by atoms with E-state index in [0.29, 0.717) is 18.0 Å². The molecular formula is C17H19NO3. The normalized spacial score (nSPS) is 9.95. The molecule has 0 aromatic heterocycles. The first-order valence-electron chi connectivity index (χ1n) is 7.04. The van der Waals surface area contributed by atoms with Gasteiger partial charge in [-0.1, -0.05) is 31.5 Å². The van der Waals surface area contributed by atoms with E-state index in [4.69, 9.17) is 9.47 Å². The minimum Gasteiger partial charge on any atom is -0.457 e. The second-order valence-electron chi connectivity index (χ2n) is 4.55. The Labute approximate surface area is 124 Å². The molecule has 0 bridgehead atoms. The molecule has 0 radical (unpaired) electrons. The van der Waals surface area contributed by atoms with Crippen LogP contribution in [0.15, 0.2) is 54.6 Å². The molecule has 0 atom stereocenters. The molecule has 110 valence electrons. The van der Waals surface area contributed by atoms with E-state index in [1.54, 1.807) is 24.3 Å². The summed E-state index contributed by atoms with van der Waals surface area (Å²) in [5.41, 5.74) is 0.678. The number of carbonyl (C=O) groups is 1. The maximum atomic E-state index is 11.5. The van der Waals surface area contributed by atoms with Gasteiger partial charge in [-0.3, -0.25) is 5.32 Å². The highest BCUT2D eigenvalue weighted by atomic mass is 16.5. The molecule has 2 aromatic carbocycles. The molecule has 2 aromatic rings. The number of para-hydroxylation sites is 1. The van der Waals surface area contributed by atoms with E-state index in [0.717, 1.165) is 18.6 Å². The molecule has 4 nitrogen and oxygen atoms in total. The maximum Gasteiger partial charge on any atom is 0.411 e. The van der Waals surface area contributed by atoms with Crippen LogP contribution < -0.4 is 10.1 Å². The molecule has 1 N–H and O–H groups in total. The smallest absolute Gasteiger partial charge is 0.411 e. The summed E-state index contributed by atoms with van der Waals surface area (Å²) in [7, 11) is 0. The van der Waals surface area contributed by atoms with Crippen molar-refractivity contribution in [1.29, 1.82) is 0 Å². The fourth-order valence-corrected chi connectivity index (χ4v) is 1.69. The van der Waals surface area contributed by atoms with Gasteiger partial charge in [0.05, 0.1) is 6.61 Å². The van der Waals surface area contributed by atoms with Crippen LogP contribution >= 0.6 is 0 Å². The second-order valence-corrected chi connectivity index (χ2v) is 4.55. The summed E-state index contributed by atoms with van der Waals surface area (Å²) < 4.78 is 10.7. The fourth-order valence-electron chi connectivity index (χ4n) is 1.69. The van der Waals surface area contributed by atoms with Crippen molar-refractivity contribution in [1.82, 2.24) is 0 Å². The highest BCUT2D eigenvalue weighted by Gasteiger charge is 2.03. The number of carbonyl (C=O) groups excluding carboxylic acids is 1. The molecule has 21 heavy (non-hydrogen) atoms. The summed E-state index contributed by atoms with van der Waals surface area (Å²) in [5.74, 6) is 1.49. The average molecular weight is 285 g/mol. The summed E-state index contributed by atoms with van der Waals surface area (Å²) in [6, 6.07) is 16.7. The first-order valence-corrected chi connectivity index (χ1v) is 7.04. The van der Waals surface area contributed by atoms with Crippen molar-refractivity contribution in [2.75, 3.05) is 11.9 Å². The van der Waals surface area contributed by atoms with E-state index >= 15 is 0 Å². The monoisotopic (exact) mass is 285 g/mol. The van der Waals surface area contributed by atoms with Gasteiger partial charge in [0.2, 0.25) is 0 Å². The summed E-state index contributed by atoms with van der Waals surface area (Å²) in [5, 5.41) is 2.68. The van der Waals surface area contributed by atoms with E-state index in [2.05, 4.69) is 5.32 Å². The number of benzene rings is 2. The van der Waals surface area contributed by atoms with Crippen LogP contribution in [0, 0.1) is 0 Å². The number of hydrogen-bond donors (Lipinski definition) is 1. The van der Waals surface area contributed by atoms with Crippen LogP contribution in [-0.4, -0.2) is 12.7 Å². The van der Waals surface area contributed by atoms with Crippen molar-refractivity contribution >= 4 is 11.8 Å². The van der Waals surface area contributed by atoms with E-state index in [1.807, 2.05) is 37.3 Å². The van der Waals surface area contributed by atoms with Crippen LogP contribution in [0.4, 0.5) is 10.5 Å². The van der Waals surface area contributed by atoms with Crippen LogP contribution in [0.3, 0.4) is 0 Å². The average Bonchev–Trinajstić information content (AvgIpc) is 2.51. The number of anilines is 1. The molecule has 4 heteroatoms. The number of amides is 1. The minimum absolute atomic E-state index is 0.430. The molecule has 0 aliphatic heterocycles. The van der Waals surface area contributed by atoms with E-state index in [1.165, 1.54) is 0 Å². The molecule has 0 unspecified atom stereocenters. The zero-order valence-electron chi connectivity index (χ0n) is 12.0. The molecule has 0 aliphatic rings. The van der Waals surface area contributed by atoms with E-state index < -0.39 is 6.09 Å². The van der Waals surface area contributed by atoms with E-state index in [-0.39, 0.29) is 0 Å². The van der Waals surface area contributed by atoms with Gasteiger partial charge >= 0.3 is 6.09 Å². The first kappa shape index (κ1) is 14.9. The van der Waals surface area contributed by atoms with Crippen molar-refractivity contribution in [2.45, 2.75) is 19.8 Å². The summed E-state index contributed by atoms with van der Waals surface area (Å²) >= 11 is 0. The lowest BCUT2D eigenvalue weighted by Gasteiger charge is -2.08. The van der Waals surface area contributed by atoms with Crippen molar-refractivity contribution in [2.24, 2.45) is 0 Å². The molecule has 1 amide bonds. The third kappa shape index (κ3) is 5.18. The first-order chi connectivity index (χ1) is 10.3. The Morgan fingerprint density at radius 2 is 1.67 bits per heavy atom. The van der Waals surface area contributed by atoms with Crippen molar-refractivity contribution in [3.63, 3.8) is 0 Å². The van der Waals surface area contributed by atoms with Crippen LogP contribution in [0.25, 0.3) is 0 Å². The molecule has 0 heterocycles. The lowest BCUT2D eigenvalue weighted by atomic mass is 10.3. The van der Waals surface area contributed by atoms with Gasteiger partial charge in [0.25, 0.3) is 0 Å². The molecule has 0 saturated heterocycles. The lowest BCUT2D eigenvalue weighted by Crippen LogP contribution is -2.14. The number of nitrogens with one attached hydrogen (secondary N) is 1. The van der Waals surface area contributed by atoms with Gasteiger partial charge < -0.3 is 9.47 Å². The van der Waals surface area contributed by atoms with Gasteiger partial charge in [0.15, 0.2) is 0 Å². The van der Waals surface area contributed by atoms with Crippen molar-refractivity contribution in [3.05, 3.63) is 54.6 Å². The number of unbranched alkanes of at least 4 members (excludes halogenated alkanes) is 1. The summed E-state index contributed by atoms with van der Waals surface area (Å²) in [6.45, 7) is 2.49. The predicted octanol–water partition coefficient (Wildman–Crippen LogP) is 4.83. The summed E-state index contributed by atoms with van der Waals surface area (Å²) in [4.78, 5) is 11.5. The second kappa shape index (κ2) is 7.94. The highest BCUT2D eigenvalue weighted by Crippen LogP contribution is 2.22. The van der Waals surface area contributed by atoms with Gasteiger partial charge in [-0.25, -0.2) is 4.79 Å². The van der Waals surface area contributed by atoms with Gasteiger partial charge in [0.1, 0.15) is 11.5 Å². The van der Waals surface area contributed by atoms with Crippen LogP contribution in [0.2, 0.25) is 0 Å². The third-order valence-corrected chi connectivity index (χ3v) is 2.81. The quantitative estimate of drug-likeness (QED) is 0.773. The molecule has 2 rings (SSSR count). The van der Waals surface area contributed by atoms with Crippen molar-refractivity contribution < 1.29 is 14.3 Å². The van der Waals surface area contributed by atoms with E-state index in [9.17, 15) is 4.79 Å². The Hall–Kier alpha value is -2.49. The van der Waals surface area contributed by atoms with Gasteiger partial charge in [-0.05, 0) is 42.8 Å². The van der Waals surface area contributed by atoms with Crippen molar-refractivity contribution in [3.8, 4) is 11.5 Å². The zero-order valence-corrected chi connectivity index (χ0v) is 12.0. The van der Waals surface area contributed by atoms with Gasteiger partial charge in [-0.2, -0.15) is 0 Å². The molecule has 0 fully saturated rings. The number of ether oxygens (including phenoxy) is 2. The Bertz CT molecular complexity index is 552. The Kier molecular flexibility index (Phi) is 5.64. The van der Waals surface area contributed by atoms with Crippen LogP contribution in [0.1, 0.15) is 19.8 Å². The lowest BCUT2D eigenvalue weighted by molar-refractivity contribution is 0.160. The maximum absolute atomic E-state index is 11.5. The third-order valence-electron chi connectivity index (χ3n) is 2.81. The predicted molar refractivity (Wildman–Crippen MR) is 82.8 cm³/mol. The SMILES string of the molecule is CCCCOC(=O)Nc1ccc(Oc2ccccc2)cc1.